The maximum atomic E-state index is 14.7. The number of ether oxygens (including phenoxy) is 1. The molecule has 7 nitrogen and oxygen atoms in total. The van der Waals surface area contributed by atoms with Crippen LogP contribution in [0.25, 0.3) is 0 Å². The van der Waals surface area contributed by atoms with Crippen LogP contribution < -0.4 is 4.90 Å². The fourth-order valence-electron chi connectivity index (χ4n) is 6.94. The maximum Gasteiger partial charge on any atom is 0.310 e. The maximum absolute atomic E-state index is 14.7. The highest BCUT2D eigenvalue weighted by Gasteiger charge is 2.77. The minimum absolute atomic E-state index is 0.00871. The molecule has 9 heteroatoms. The summed E-state index contributed by atoms with van der Waals surface area (Å²) in [5.41, 5.74) is 0.648. The summed E-state index contributed by atoms with van der Waals surface area (Å²) in [6.45, 7) is 14.0. The van der Waals surface area contributed by atoms with Gasteiger partial charge >= 0.3 is 5.97 Å². The summed E-state index contributed by atoms with van der Waals surface area (Å²) in [6, 6.07) is 5.62. The van der Waals surface area contributed by atoms with Crippen LogP contribution in [0.3, 0.4) is 0 Å². The third-order valence-electron chi connectivity index (χ3n) is 8.55. The molecule has 1 spiro atoms. The molecule has 4 rings (SSSR count). The zero-order chi connectivity index (χ0) is 29.2. The molecule has 0 aromatic heterocycles. The number of fused-ring (bicyclic) bond motifs is 1. The molecule has 3 aliphatic heterocycles. The number of esters is 1. The molecule has 2 amide bonds. The van der Waals surface area contributed by atoms with E-state index < -0.39 is 28.7 Å². The topological polar surface area (TPSA) is 87.2 Å². The fourth-order valence-corrected chi connectivity index (χ4v) is 9.45. The molecule has 0 radical (unpaired) electrons. The second-order valence-electron chi connectivity index (χ2n) is 11.6. The number of nitrogens with zero attached hydrogens (tertiary/aromatic N) is 2. The van der Waals surface area contributed by atoms with E-state index in [1.807, 2.05) is 13.8 Å². The Labute approximate surface area is 246 Å². The standard InChI is InChI=1S/C31H41ClN2O5S/c1-6-8-9-15-39-30(38)25-24-17-20(5)31(40-24)26(25)28(36)34(23(18-35)16-19(3)4)27(31)29(37)33(14-7-2)22-12-10-21(32)11-13-22/h6-7,10-13,19-20,23-27,35H,1-2,8-9,14-18H2,3-5H3/t20?,23-,24+,25-,26+,27?,31?/m1/s1. The van der Waals surface area contributed by atoms with Gasteiger partial charge in [-0.1, -0.05) is 44.5 Å². The van der Waals surface area contributed by atoms with Crippen LogP contribution in [0, 0.1) is 23.7 Å². The molecular weight excluding hydrogens is 548 g/mol. The molecule has 218 valence electrons. The van der Waals surface area contributed by atoms with Gasteiger partial charge < -0.3 is 19.6 Å². The average molecular weight is 589 g/mol. The zero-order valence-electron chi connectivity index (χ0n) is 23.6. The molecule has 3 heterocycles. The van der Waals surface area contributed by atoms with Gasteiger partial charge in [-0.15, -0.1) is 24.9 Å². The van der Waals surface area contributed by atoms with Crippen molar-refractivity contribution in [3.05, 3.63) is 54.6 Å². The Balaban J connectivity index is 1.79. The van der Waals surface area contributed by atoms with E-state index in [2.05, 4.69) is 20.1 Å². The van der Waals surface area contributed by atoms with Gasteiger partial charge in [-0.2, -0.15) is 0 Å². The lowest BCUT2D eigenvalue weighted by Gasteiger charge is -2.42. The van der Waals surface area contributed by atoms with E-state index in [0.29, 0.717) is 23.6 Å². The minimum Gasteiger partial charge on any atom is -0.465 e. The monoisotopic (exact) mass is 588 g/mol. The van der Waals surface area contributed by atoms with Crippen LogP contribution in [0.5, 0.6) is 0 Å². The number of thioether (sulfide) groups is 1. The Hall–Kier alpha value is -2.29. The van der Waals surface area contributed by atoms with Gasteiger partial charge in [0, 0.05) is 22.5 Å². The lowest BCUT2D eigenvalue weighted by Crippen LogP contribution is -2.59. The highest BCUT2D eigenvalue weighted by molar-refractivity contribution is 8.02. The first-order valence-corrected chi connectivity index (χ1v) is 15.4. The summed E-state index contributed by atoms with van der Waals surface area (Å²) in [5.74, 6) is -1.96. The molecule has 0 aliphatic carbocycles. The quantitative estimate of drug-likeness (QED) is 0.196. The summed E-state index contributed by atoms with van der Waals surface area (Å²) in [5, 5.41) is 11.0. The fraction of sp³-hybridized carbons (Fsp3) is 0.581. The van der Waals surface area contributed by atoms with E-state index in [1.165, 1.54) is 0 Å². The second kappa shape index (κ2) is 12.7. The van der Waals surface area contributed by atoms with Crippen LogP contribution in [0.15, 0.2) is 49.6 Å². The SMILES string of the molecule is C=CCCCOC(=O)[C@@H]1[C@@H]2CC(C)C3(S2)C(C(=O)N(CC=C)c2ccc(Cl)cc2)N([C@@H](CO)CC(C)C)C(=O)[C@H]13. The van der Waals surface area contributed by atoms with Gasteiger partial charge in [0.15, 0.2) is 0 Å². The van der Waals surface area contributed by atoms with Crippen molar-refractivity contribution >= 4 is 46.8 Å². The van der Waals surface area contributed by atoms with E-state index in [-0.39, 0.29) is 54.6 Å². The number of hydrogen-bond acceptors (Lipinski definition) is 6. The largest absolute Gasteiger partial charge is 0.465 e. The summed E-state index contributed by atoms with van der Waals surface area (Å²) in [4.78, 5) is 45.9. The molecule has 1 N–H and O–H groups in total. The number of aliphatic hydroxyl groups excluding tert-OH is 1. The predicted molar refractivity (Wildman–Crippen MR) is 160 cm³/mol. The third kappa shape index (κ3) is 5.35. The summed E-state index contributed by atoms with van der Waals surface area (Å²) in [6.07, 6.45) is 6.11. The number of carbonyl (C=O) groups is 3. The Morgan fingerprint density at radius 3 is 2.58 bits per heavy atom. The molecule has 1 aromatic carbocycles. The highest BCUT2D eigenvalue weighted by atomic mass is 35.5. The van der Waals surface area contributed by atoms with Crippen LogP contribution in [-0.2, 0) is 19.1 Å². The third-order valence-corrected chi connectivity index (χ3v) is 10.9. The van der Waals surface area contributed by atoms with Crippen molar-refractivity contribution in [2.24, 2.45) is 23.7 Å². The molecule has 1 aromatic rings. The van der Waals surface area contributed by atoms with E-state index >= 15 is 0 Å². The Kier molecular flexibility index (Phi) is 9.74. The Morgan fingerprint density at radius 1 is 1.27 bits per heavy atom. The van der Waals surface area contributed by atoms with Crippen molar-refractivity contribution in [2.45, 2.75) is 68.5 Å². The number of allylic oxidation sites excluding steroid dienone is 1. The van der Waals surface area contributed by atoms with Gasteiger partial charge in [0.1, 0.15) is 6.04 Å². The van der Waals surface area contributed by atoms with Crippen molar-refractivity contribution in [1.29, 1.82) is 0 Å². The van der Waals surface area contributed by atoms with Gasteiger partial charge in [-0.05, 0) is 61.8 Å². The van der Waals surface area contributed by atoms with E-state index in [4.69, 9.17) is 16.3 Å². The van der Waals surface area contributed by atoms with Crippen molar-refractivity contribution < 1.29 is 24.2 Å². The molecular formula is C31H41ClN2O5S. The number of amides is 2. The molecule has 0 saturated carbocycles. The van der Waals surface area contributed by atoms with Crippen LogP contribution >= 0.6 is 23.4 Å². The Bertz CT molecular complexity index is 1130. The number of unbranched alkanes of at least 4 members (excludes halogenated alkanes) is 1. The van der Waals surface area contributed by atoms with Crippen molar-refractivity contribution in [2.75, 3.05) is 24.7 Å². The van der Waals surface area contributed by atoms with Crippen molar-refractivity contribution in [1.82, 2.24) is 4.90 Å². The zero-order valence-corrected chi connectivity index (χ0v) is 25.2. The Morgan fingerprint density at radius 2 is 1.98 bits per heavy atom. The van der Waals surface area contributed by atoms with E-state index in [1.54, 1.807) is 58.0 Å². The average Bonchev–Trinajstić information content (AvgIpc) is 3.52. The molecule has 3 aliphatic rings. The van der Waals surface area contributed by atoms with Gasteiger partial charge in [0.25, 0.3) is 5.91 Å². The normalized spacial score (nSPS) is 29.4. The number of halogens is 1. The molecule has 40 heavy (non-hydrogen) atoms. The van der Waals surface area contributed by atoms with Crippen LogP contribution in [0.2, 0.25) is 5.02 Å². The van der Waals surface area contributed by atoms with Crippen molar-refractivity contribution in [3.63, 3.8) is 0 Å². The molecule has 2 bridgehead atoms. The molecule has 7 atom stereocenters. The van der Waals surface area contributed by atoms with Crippen LogP contribution in [0.4, 0.5) is 5.69 Å². The van der Waals surface area contributed by atoms with E-state index in [0.717, 1.165) is 12.8 Å². The summed E-state index contributed by atoms with van der Waals surface area (Å²) < 4.78 is 4.87. The van der Waals surface area contributed by atoms with Gasteiger partial charge in [-0.25, -0.2) is 0 Å². The van der Waals surface area contributed by atoms with Crippen LogP contribution in [0.1, 0.15) is 46.5 Å². The lowest BCUT2D eigenvalue weighted by atomic mass is 9.66. The number of benzene rings is 1. The van der Waals surface area contributed by atoms with Gasteiger partial charge in [-0.3, -0.25) is 14.4 Å². The minimum atomic E-state index is -0.847. The second-order valence-corrected chi connectivity index (χ2v) is 13.6. The van der Waals surface area contributed by atoms with Crippen LogP contribution in [-0.4, -0.2) is 69.6 Å². The molecule has 3 saturated heterocycles. The predicted octanol–water partition coefficient (Wildman–Crippen LogP) is 5.11. The lowest BCUT2D eigenvalue weighted by molar-refractivity contribution is -0.155. The number of likely N-dealkylation sites (tertiary alicyclic amines) is 1. The summed E-state index contributed by atoms with van der Waals surface area (Å²) in [7, 11) is 0. The number of rotatable bonds is 13. The molecule has 3 fully saturated rings. The number of hydrogen-bond donors (Lipinski definition) is 1. The molecule has 3 unspecified atom stereocenters. The van der Waals surface area contributed by atoms with Crippen molar-refractivity contribution in [3.8, 4) is 0 Å². The van der Waals surface area contributed by atoms with Gasteiger partial charge in [0.05, 0.1) is 35.8 Å². The number of carbonyl (C=O) groups excluding carboxylic acids is 3. The van der Waals surface area contributed by atoms with Gasteiger partial charge in [0.2, 0.25) is 5.91 Å². The summed E-state index contributed by atoms with van der Waals surface area (Å²) >= 11 is 7.74. The number of aliphatic hydroxyl groups is 1. The first-order valence-electron chi connectivity index (χ1n) is 14.2. The first kappa shape index (κ1) is 30.7. The van der Waals surface area contributed by atoms with E-state index in [9.17, 15) is 19.5 Å². The first-order chi connectivity index (χ1) is 19.1. The number of anilines is 1. The highest BCUT2D eigenvalue weighted by Crippen LogP contribution is 2.69. The smallest absolute Gasteiger partial charge is 0.310 e.